The summed E-state index contributed by atoms with van der Waals surface area (Å²) in [6.07, 6.45) is 1.66. The summed E-state index contributed by atoms with van der Waals surface area (Å²) in [4.78, 5) is 43.2. The van der Waals surface area contributed by atoms with Crippen LogP contribution in [0.5, 0.6) is 0 Å². The Kier molecular flexibility index (Phi) is 5.04. The molecule has 7 heteroatoms. The number of nitrogens with zero attached hydrogens (tertiary/aromatic N) is 3. The van der Waals surface area contributed by atoms with Crippen molar-refractivity contribution in [2.45, 2.75) is 38.6 Å². The van der Waals surface area contributed by atoms with E-state index >= 15 is 0 Å². The fourth-order valence-corrected chi connectivity index (χ4v) is 4.41. The second-order valence-electron chi connectivity index (χ2n) is 8.13. The first kappa shape index (κ1) is 18.2. The summed E-state index contributed by atoms with van der Waals surface area (Å²) in [6.45, 7) is 8.14. The lowest BCUT2D eigenvalue weighted by molar-refractivity contribution is -0.146. The van der Waals surface area contributed by atoms with E-state index in [1.165, 1.54) is 0 Å². The predicted molar refractivity (Wildman–Crippen MR) is 93.7 cm³/mol. The Morgan fingerprint density at radius 2 is 1.92 bits per heavy atom. The molecule has 0 aromatic rings. The van der Waals surface area contributed by atoms with Crippen LogP contribution in [0.25, 0.3) is 0 Å². The third-order valence-corrected chi connectivity index (χ3v) is 5.94. The van der Waals surface area contributed by atoms with Gasteiger partial charge < -0.3 is 15.1 Å². The minimum Gasteiger partial charge on any atom is -0.353 e. The third kappa shape index (κ3) is 3.38. The van der Waals surface area contributed by atoms with Crippen LogP contribution in [0.3, 0.4) is 0 Å². The zero-order valence-corrected chi connectivity index (χ0v) is 15.6. The quantitative estimate of drug-likeness (QED) is 0.772. The molecule has 3 rings (SSSR count). The molecule has 0 radical (unpaired) electrons. The summed E-state index contributed by atoms with van der Waals surface area (Å²) >= 11 is 0. The van der Waals surface area contributed by atoms with Crippen molar-refractivity contribution < 1.29 is 14.4 Å². The number of nitrogens with one attached hydrogen (secondary N) is 1. The Morgan fingerprint density at radius 1 is 1.24 bits per heavy atom. The fraction of sp³-hybridized carbons (Fsp3) is 0.833. The molecule has 140 valence electrons. The van der Waals surface area contributed by atoms with Crippen molar-refractivity contribution in [2.75, 3.05) is 46.3 Å². The van der Waals surface area contributed by atoms with Crippen molar-refractivity contribution in [3.05, 3.63) is 0 Å². The summed E-state index contributed by atoms with van der Waals surface area (Å²) in [5.74, 6) is 0.443. The van der Waals surface area contributed by atoms with Crippen molar-refractivity contribution >= 4 is 17.7 Å². The molecule has 3 aliphatic heterocycles. The number of likely N-dealkylation sites (tertiary alicyclic amines) is 2. The molecule has 1 spiro atoms. The molecular formula is C18H30N4O3. The maximum Gasteiger partial charge on any atom is 0.240 e. The van der Waals surface area contributed by atoms with Crippen molar-refractivity contribution in [3.63, 3.8) is 0 Å². The monoisotopic (exact) mass is 350 g/mol. The van der Waals surface area contributed by atoms with Gasteiger partial charge in [-0.2, -0.15) is 0 Å². The van der Waals surface area contributed by atoms with Crippen LogP contribution in [0, 0.1) is 11.8 Å². The third-order valence-electron chi connectivity index (χ3n) is 5.94. The van der Waals surface area contributed by atoms with Crippen LogP contribution < -0.4 is 5.32 Å². The molecule has 3 aliphatic rings. The zero-order chi connectivity index (χ0) is 18.2. The first-order valence-electron chi connectivity index (χ1n) is 9.39. The number of rotatable bonds is 3. The lowest BCUT2D eigenvalue weighted by Crippen LogP contribution is -2.67. The van der Waals surface area contributed by atoms with Gasteiger partial charge in [0, 0.05) is 45.7 Å². The molecule has 0 bridgehead atoms. The SMILES string of the molecule is CC(C)CN1CC(C(=O)N2CCC3(CC2)C(=O)NCCN3C)CC1=O. The highest BCUT2D eigenvalue weighted by molar-refractivity contribution is 5.90. The highest BCUT2D eigenvalue weighted by atomic mass is 16.2. The molecule has 3 heterocycles. The molecule has 1 atom stereocenters. The number of amides is 3. The first-order chi connectivity index (χ1) is 11.8. The number of carbonyl (C=O) groups excluding carboxylic acids is 3. The van der Waals surface area contributed by atoms with Crippen LogP contribution in [0.2, 0.25) is 0 Å². The van der Waals surface area contributed by atoms with Gasteiger partial charge in [0.2, 0.25) is 17.7 Å². The maximum atomic E-state index is 12.8. The Balaban J connectivity index is 1.59. The van der Waals surface area contributed by atoms with Crippen molar-refractivity contribution in [1.82, 2.24) is 20.0 Å². The van der Waals surface area contributed by atoms with Gasteiger partial charge in [-0.15, -0.1) is 0 Å². The second kappa shape index (κ2) is 6.94. The number of likely N-dealkylation sites (N-methyl/N-ethyl adjacent to an activating group) is 1. The fourth-order valence-electron chi connectivity index (χ4n) is 4.41. The van der Waals surface area contributed by atoms with E-state index < -0.39 is 5.54 Å². The van der Waals surface area contributed by atoms with E-state index in [2.05, 4.69) is 24.1 Å². The minimum absolute atomic E-state index is 0.0772. The minimum atomic E-state index is -0.468. The molecule has 3 fully saturated rings. The summed E-state index contributed by atoms with van der Waals surface area (Å²) < 4.78 is 0. The number of hydrogen-bond acceptors (Lipinski definition) is 4. The van der Waals surface area contributed by atoms with Gasteiger partial charge in [0.25, 0.3) is 0 Å². The van der Waals surface area contributed by atoms with E-state index in [1.54, 1.807) is 0 Å². The summed E-state index contributed by atoms with van der Waals surface area (Å²) in [5, 5.41) is 2.97. The van der Waals surface area contributed by atoms with Crippen molar-refractivity contribution in [1.29, 1.82) is 0 Å². The van der Waals surface area contributed by atoms with Crippen LogP contribution in [0.15, 0.2) is 0 Å². The molecule has 1 unspecified atom stereocenters. The Morgan fingerprint density at radius 3 is 2.52 bits per heavy atom. The summed E-state index contributed by atoms with van der Waals surface area (Å²) in [5.41, 5.74) is -0.468. The number of piperidine rings is 1. The van der Waals surface area contributed by atoms with Gasteiger partial charge >= 0.3 is 0 Å². The predicted octanol–water partition coefficient (Wildman–Crippen LogP) is -0.0863. The van der Waals surface area contributed by atoms with Crippen molar-refractivity contribution in [3.8, 4) is 0 Å². The molecule has 0 saturated carbocycles. The van der Waals surface area contributed by atoms with E-state index in [0.29, 0.717) is 51.4 Å². The second-order valence-corrected chi connectivity index (χ2v) is 8.13. The molecule has 25 heavy (non-hydrogen) atoms. The number of carbonyl (C=O) groups is 3. The molecule has 1 N–H and O–H groups in total. The van der Waals surface area contributed by atoms with E-state index in [0.717, 1.165) is 13.1 Å². The van der Waals surface area contributed by atoms with Crippen LogP contribution in [0.4, 0.5) is 0 Å². The normalized spacial score (nSPS) is 27.3. The van der Waals surface area contributed by atoms with Crippen LogP contribution in [-0.4, -0.2) is 84.3 Å². The topological polar surface area (TPSA) is 73.0 Å². The summed E-state index contributed by atoms with van der Waals surface area (Å²) in [6, 6.07) is 0. The van der Waals surface area contributed by atoms with E-state index in [9.17, 15) is 14.4 Å². The van der Waals surface area contributed by atoms with Gasteiger partial charge in [0.15, 0.2) is 0 Å². The molecule has 0 aromatic heterocycles. The van der Waals surface area contributed by atoms with E-state index in [4.69, 9.17) is 0 Å². The number of hydrogen-bond donors (Lipinski definition) is 1. The highest BCUT2D eigenvalue weighted by Gasteiger charge is 2.48. The van der Waals surface area contributed by atoms with Crippen LogP contribution in [0.1, 0.15) is 33.1 Å². The van der Waals surface area contributed by atoms with Gasteiger partial charge in [0.1, 0.15) is 5.54 Å². The molecule has 7 nitrogen and oxygen atoms in total. The smallest absolute Gasteiger partial charge is 0.240 e. The Labute approximate surface area is 149 Å². The van der Waals surface area contributed by atoms with Crippen LogP contribution in [-0.2, 0) is 14.4 Å². The maximum absolute atomic E-state index is 12.8. The van der Waals surface area contributed by atoms with Gasteiger partial charge in [-0.1, -0.05) is 13.8 Å². The lowest BCUT2D eigenvalue weighted by Gasteiger charge is -2.48. The average molecular weight is 350 g/mol. The highest BCUT2D eigenvalue weighted by Crippen LogP contribution is 2.31. The molecular weight excluding hydrogens is 320 g/mol. The van der Waals surface area contributed by atoms with E-state index in [-0.39, 0.29) is 23.6 Å². The molecule has 0 aromatic carbocycles. The summed E-state index contributed by atoms with van der Waals surface area (Å²) in [7, 11) is 2.00. The van der Waals surface area contributed by atoms with Gasteiger partial charge in [-0.25, -0.2) is 0 Å². The van der Waals surface area contributed by atoms with Gasteiger partial charge in [-0.05, 0) is 25.8 Å². The largest absolute Gasteiger partial charge is 0.353 e. The van der Waals surface area contributed by atoms with Gasteiger partial charge in [-0.3, -0.25) is 19.3 Å². The molecule has 3 amide bonds. The molecule has 3 saturated heterocycles. The Hall–Kier alpha value is -1.63. The van der Waals surface area contributed by atoms with Crippen molar-refractivity contribution in [2.24, 2.45) is 11.8 Å². The van der Waals surface area contributed by atoms with Crippen LogP contribution >= 0.6 is 0 Å². The average Bonchev–Trinajstić information content (AvgIpc) is 2.93. The van der Waals surface area contributed by atoms with E-state index in [1.807, 2.05) is 16.8 Å². The standard InChI is InChI=1S/C18H30N4O3/c1-13(2)11-22-12-14(10-15(22)23)16(24)21-7-4-18(5-8-21)17(25)19-6-9-20(18)3/h13-14H,4-12H2,1-3H3,(H,19,25). The lowest BCUT2D eigenvalue weighted by atomic mass is 9.83. The Bertz CT molecular complexity index is 555. The first-order valence-corrected chi connectivity index (χ1v) is 9.39. The van der Waals surface area contributed by atoms with Gasteiger partial charge in [0.05, 0.1) is 5.92 Å². The zero-order valence-electron chi connectivity index (χ0n) is 15.6. The molecule has 0 aliphatic carbocycles. The number of piperazine rings is 1.